The molecule has 1 amide bonds. The number of nitrogens with two attached hydrogens (primary N) is 1. The number of nitrogens with one attached hydrogen (secondary N) is 1. The third-order valence-electron chi connectivity index (χ3n) is 1.79. The number of halogens is 3. The molecule has 1 aromatic rings. The fourth-order valence-corrected chi connectivity index (χ4v) is 1.89. The van der Waals surface area contributed by atoms with Crippen molar-refractivity contribution >= 4 is 56.4 Å². The van der Waals surface area contributed by atoms with Crippen molar-refractivity contribution in [3.63, 3.8) is 0 Å². The number of hydrogen-bond donors (Lipinski definition) is 2. The zero-order chi connectivity index (χ0) is 11.6. The zero-order valence-electron chi connectivity index (χ0n) is 7.90. The number of hydrogen-bond acceptors (Lipinski definition) is 2. The van der Waals surface area contributed by atoms with Crippen molar-refractivity contribution in [1.82, 2.24) is 0 Å². The van der Waals surface area contributed by atoms with Crippen LogP contribution < -0.4 is 11.1 Å². The molecule has 6 heteroatoms. The first-order valence-electron chi connectivity index (χ1n) is 4.20. The first-order valence-corrected chi connectivity index (χ1v) is 5.75. The smallest absolute Gasteiger partial charge is 0.224 e. The second-order valence-electron chi connectivity index (χ2n) is 2.85. The maximum Gasteiger partial charge on any atom is 0.224 e. The van der Waals surface area contributed by atoms with Gasteiger partial charge >= 0.3 is 0 Å². The van der Waals surface area contributed by atoms with Crippen LogP contribution in [-0.4, -0.2) is 5.91 Å². The Bertz CT molecular complexity index is 410. The van der Waals surface area contributed by atoms with Gasteiger partial charge in [0.05, 0.1) is 25.9 Å². The summed E-state index contributed by atoms with van der Waals surface area (Å²) in [7, 11) is 0. The molecule has 15 heavy (non-hydrogen) atoms. The third-order valence-corrected chi connectivity index (χ3v) is 3.55. The molecule has 3 N–H and O–H groups in total. The van der Waals surface area contributed by atoms with E-state index in [1.807, 2.05) is 0 Å². The maximum atomic E-state index is 11.2. The van der Waals surface area contributed by atoms with Crippen molar-refractivity contribution in [3.8, 4) is 0 Å². The summed E-state index contributed by atoms with van der Waals surface area (Å²) in [6, 6.07) is 1.53. The summed E-state index contributed by atoms with van der Waals surface area (Å²) < 4.78 is 0.489. The average Bonchev–Trinajstić information content (AvgIpc) is 2.22. The molecule has 1 rings (SSSR count). The van der Waals surface area contributed by atoms with Gasteiger partial charge < -0.3 is 11.1 Å². The highest BCUT2D eigenvalue weighted by Gasteiger charge is 2.13. The van der Waals surface area contributed by atoms with Gasteiger partial charge in [-0.05, 0) is 22.0 Å². The summed E-state index contributed by atoms with van der Waals surface area (Å²) in [6.45, 7) is 1.75. The van der Waals surface area contributed by atoms with Crippen LogP contribution in [0.4, 0.5) is 11.4 Å². The lowest BCUT2D eigenvalue weighted by Gasteiger charge is -2.10. The van der Waals surface area contributed by atoms with Crippen LogP contribution in [0.15, 0.2) is 10.5 Å². The van der Waals surface area contributed by atoms with Crippen LogP contribution in [0, 0.1) is 0 Å². The van der Waals surface area contributed by atoms with E-state index < -0.39 is 0 Å². The minimum atomic E-state index is -0.135. The summed E-state index contributed by atoms with van der Waals surface area (Å²) in [6.07, 6.45) is 0.371. The molecular weight excluding hydrogens is 303 g/mol. The largest absolute Gasteiger partial charge is 0.397 e. The lowest BCUT2D eigenvalue weighted by molar-refractivity contribution is -0.115. The normalized spacial score (nSPS) is 10.1. The van der Waals surface area contributed by atoms with E-state index in [0.717, 1.165) is 0 Å². The molecule has 0 saturated heterocycles. The van der Waals surface area contributed by atoms with Crippen LogP contribution in [0.2, 0.25) is 10.0 Å². The molecule has 0 aromatic heterocycles. The summed E-state index contributed by atoms with van der Waals surface area (Å²) >= 11 is 15.0. The summed E-state index contributed by atoms with van der Waals surface area (Å²) in [5.41, 5.74) is 6.45. The molecule has 0 aliphatic rings. The Morgan fingerprint density at radius 2 is 2.20 bits per heavy atom. The van der Waals surface area contributed by atoms with Gasteiger partial charge in [0.25, 0.3) is 0 Å². The van der Waals surface area contributed by atoms with Gasteiger partial charge in [-0.2, -0.15) is 0 Å². The predicted octanol–water partition coefficient (Wildman–Crippen LogP) is 3.69. The average molecular weight is 312 g/mol. The van der Waals surface area contributed by atoms with Gasteiger partial charge in [0.2, 0.25) is 5.91 Å². The van der Waals surface area contributed by atoms with Gasteiger partial charge in [0.1, 0.15) is 0 Å². The van der Waals surface area contributed by atoms with Gasteiger partial charge in [0, 0.05) is 6.42 Å². The van der Waals surface area contributed by atoms with Crippen LogP contribution >= 0.6 is 39.1 Å². The van der Waals surface area contributed by atoms with Crippen LogP contribution in [0.25, 0.3) is 0 Å². The Balaban J connectivity index is 3.15. The van der Waals surface area contributed by atoms with E-state index in [1.54, 1.807) is 6.92 Å². The van der Waals surface area contributed by atoms with Crippen molar-refractivity contribution < 1.29 is 4.79 Å². The summed E-state index contributed by atoms with van der Waals surface area (Å²) in [4.78, 5) is 11.2. The molecule has 0 bridgehead atoms. The molecule has 0 unspecified atom stereocenters. The number of amides is 1. The van der Waals surface area contributed by atoms with E-state index in [-0.39, 0.29) is 5.91 Å². The summed E-state index contributed by atoms with van der Waals surface area (Å²) in [5.74, 6) is -0.135. The topological polar surface area (TPSA) is 55.1 Å². The zero-order valence-corrected chi connectivity index (χ0v) is 11.0. The Kier molecular flexibility index (Phi) is 4.25. The van der Waals surface area contributed by atoms with E-state index in [0.29, 0.717) is 32.3 Å². The highest BCUT2D eigenvalue weighted by Crippen LogP contribution is 2.39. The van der Waals surface area contributed by atoms with Crippen LogP contribution in [0.1, 0.15) is 13.3 Å². The molecule has 0 spiro atoms. The molecule has 0 aliphatic carbocycles. The van der Waals surface area contributed by atoms with E-state index in [2.05, 4.69) is 21.2 Å². The number of benzene rings is 1. The first kappa shape index (κ1) is 12.6. The third kappa shape index (κ3) is 2.77. The molecule has 0 fully saturated rings. The molecule has 0 aliphatic heterocycles. The highest BCUT2D eigenvalue weighted by molar-refractivity contribution is 9.10. The Labute approximate surface area is 106 Å². The van der Waals surface area contributed by atoms with E-state index in [9.17, 15) is 4.79 Å². The quantitative estimate of drug-likeness (QED) is 0.646. The van der Waals surface area contributed by atoms with Gasteiger partial charge in [-0.1, -0.05) is 30.1 Å². The van der Waals surface area contributed by atoms with Crippen molar-refractivity contribution in [3.05, 3.63) is 20.6 Å². The van der Waals surface area contributed by atoms with E-state index in [1.165, 1.54) is 6.07 Å². The van der Waals surface area contributed by atoms with Gasteiger partial charge in [0.15, 0.2) is 0 Å². The fourth-order valence-electron chi connectivity index (χ4n) is 0.939. The SMILES string of the molecule is CCC(=O)Nc1cc(Cl)c(N)c(Br)c1Cl. The van der Waals surface area contributed by atoms with Crippen molar-refractivity contribution in [2.45, 2.75) is 13.3 Å². The lowest BCUT2D eigenvalue weighted by Crippen LogP contribution is -2.10. The van der Waals surface area contributed by atoms with Gasteiger partial charge in [-0.15, -0.1) is 0 Å². The van der Waals surface area contributed by atoms with Gasteiger partial charge in [-0.25, -0.2) is 0 Å². The molecular formula is C9H9BrCl2N2O. The molecule has 3 nitrogen and oxygen atoms in total. The number of anilines is 2. The van der Waals surface area contributed by atoms with Gasteiger partial charge in [-0.3, -0.25) is 4.79 Å². The molecule has 0 heterocycles. The second-order valence-corrected chi connectivity index (χ2v) is 4.43. The fraction of sp³-hybridized carbons (Fsp3) is 0.222. The maximum absolute atomic E-state index is 11.2. The van der Waals surface area contributed by atoms with Crippen LogP contribution in [0.3, 0.4) is 0 Å². The molecule has 1 aromatic carbocycles. The van der Waals surface area contributed by atoms with E-state index >= 15 is 0 Å². The predicted molar refractivity (Wildman–Crippen MR) is 67.5 cm³/mol. The summed E-state index contributed by atoms with van der Waals surface area (Å²) in [5, 5.41) is 3.32. The number of nitrogen functional groups attached to an aromatic ring is 1. The number of carbonyl (C=O) groups excluding carboxylic acids is 1. The number of rotatable bonds is 2. The standard InChI is InChI=1S/C9H9BrCl2N2O/c1-2-6(15)14-5-3-4(11)9(13)7(10)8(5)12/h3H,2,13H2,1H3,(H,14,15). The first-order chi connectivity index (χ1) is 6.97. The van der Waals surface area contributed by atoms with E-state index in [4.69, 9.17) is 28.9 Å². The minimum absolute atomic E-state index is 0.135. The molecule has 82 valence electrons. The Morgan fingerprint density at radius 3 is 2.73 bits per heavy atom. The molecule has 0 saturated carbocycles. The Morgan fingerprint density at radius 1 is 1.60 bits per heavy atom. The number of carbonyl (C=O) groups is 1. The van der Waals surface area contributed by atoms with Crippen molar-refractivity contribution in [2.75, 3.05) is 11.1 Å². The molecule has 0 atom stereocenters. The van der Waals surface area contributed by atoms with Crippen molar-refractivity contribution in [1.29, 1.82) is 0 Å². The van der Waals surface area contributed by atoms with Crippen LogP contribution in [0.5, 0.6) is 0 Å². The highest BCUT2D eigenvalue weighted by atomic mass is 79.9. The minimum Gasteiger partial charge on any atom is -0.397 e. The van der Waals surface area contributed by atoms with Crippen molar-refractivity contribution in [2.24, 2.45) is 0 Å². The van der Waals surface area contributed by atoms with Crippen LogP contribution in [-0.2, 0) is 4.79 Å². The second kappa shape index (κ2) is 5.05. The molecule has 0 radical (unpaired) electrons. The Hall–Kier alpha value is -0.450. The monoisotopic (exact) mass is 310 g/mol. The lowest BCUT2D eigenvalue weighted by atomic mass is 10.2.